The summed E-state index contributed by atoms with van der Waals surface area (Å²) in [5, 5.41) is 4.08. The van der Waals surface area contributed by atoms with Crippen molar-refractivity contribution in [3.8, 4) is 0 Å². The van der Waals surface area contributed by atoms with Gasteiger partial charge in [0.25, 0.3) is 0 Å². The van der Waals surface area contributed by atoms with Crippen LogP contribution in [0.3, 0.4) is 0 Å². The lowest BCUT2D eigenvalue weighted by atomic mass is 9.87. The molecule has 0 bridgehead atoms. The van der Waals surface area contributed by atoms with Crippen LogP contribution in [0.4, 0.5) is 5.69 Å². The lowest BCUT2D eigenvalue weighted by Crippen LogP contribution is -2.18. The molecule has 2 aromatic carbocycles. The van der Waals surface area contributed by atoms with E-state index in [0.29, 0.717) is 6.54 Å². The molecule has 1 heterocycles. The van der Waals surface area contributed by atoms with E-state index in [9.17, 15) is 4.79 Å². The van der Waals surface area contributed by atoms with Gasteiger partial charge < -0.3 is 9.88 Å². The van der Waals surface area contributed by atoms with E-state index in [0.717, 1.165) is 21.1 Å². The molecule has 24 heavy (non-hydrogen) atoms. The molecule has 0 atom stereocenters. The van der Waals surface area contributed by atoms with Gasteiger partial charge in [-0.15, -0.1) is 0 Å². The number of carbonyl (C=O) groups excluding carboxylic acids is 1. The van der Waals surface area contributed by atoms with Crippen molar-refractivity contribution in [2.24, 2.45) is 0 Å². The summed E-state index contributed by atoms with van der Waals surface area (Å²) in [7, 11) is 0. The lowest BCUT2D eigenvalue weighted by Gasteiger charge is -2.19. The van der Waals surface area contributed by atoms with E-state index in [4.69, 9.17) is 0 Å². The van der Waals surface area contributed by atoms with Gasteiger partial charge in [-0.25, -0.2) is 0 Å². The summed E-state index contributed by atoms with van der Waals surface area (Å²) in [6.07, 6.45) is 1.94. The van der Waals surface area contributed by atoms with Gasteiger partial charge >= 0.3 is 0 Å². The third-order valence-electron chi connectivity index (χ3n) is 4.08. The predicted octanol–water partition coefficient (Wildman–Crippen LogP) is 5.34. The van der Waals surface area contributed by atoms with Crippen LogP contribution in [0.5, 0.6) is 0 Å². The Labute approximate surface area is 150 Å². The van der Waals surface area contributed by atoms with E-state index in [-0.39, 0.29) is 11.3 Å². The molecular formula is C20H21BrN2O. The maximum Gasteiger partial charge on any atom is 0.244 e. The molecule has 1 aromatic heterocycles. The van der Waals surface area contributed by atoms with Gasteiger partial charge in [0.15, 0.2) is 0 Å². The third kappa shape index (κ3) is 3.70. The largest absolute Gasteiger partial charge is 0.338 e. The summed E-state index contributed by atoms with van der Waals surface area (Å²) >= 11 is 3.47. The average Bonchev–Trinajstić information content (AvgIpc) is 2.89. The fourth-order valence-corrected chi connectivity index (χ4v) is 3.10. The van der Waals surface area contributed by atoms with E-state index in [1.807, 2.05) is 41.1 Å². The normalized spacial score (nSPS) is 11.7. The molecule has 0 aliphatic rings. The number of halogens is 1. The van der Waals surface area contributed by atoms with Crippen LogP contribution in [0.15, 0.2) is 59.2 Å². The number of nitrogens with one attached hydrogen (secondary N) is 1. The van der Waals surface area contributed by atoms with E-state index < -0.39 is 0 Å². The molecule has 4 heteroatoms. The van der Waals surface area contributed by atoms with E-state index >= 15 is 0 Å². The second-order valence-electron chi connectivity index (χ2n) is 7.02. The molecule has 0 unspecified atom stereocenters. The van der Waals surface area contributed by atoms with Crippen LogP contribution in [0, 0.1) is 0 Å². The van der Waals surface area contributed by atoms with Crippen molar-refractivity contribution in [2.45, 2.75) is 32.7 Å². The first-order valence-corrected chi connectivity index (χ1v) is 8.77. The molecule has 0 aliphatic heterocycles. The highest BCUT2D eigenvalue weighted by atomic mass is 79.9. The highest BCUT2D eigenvalue weighted by Crippen LogP contribution is 2.24. The van der Waals surface area contributed by atoms with Crippen molar-refractivity contribution < 1.29 is 4.79 Å². The molecule has 1 N–H and O–H groups in total. The number of amides is 1. The molecule has 0 spiro atoms. The molecule has 0 aliphatic carbocycles. The van der Waals surface area contributed by atoms with Crippen LogP contribution in [-0.2, 0) is 16.8 Å². The monoisotopic (exact) mass is 384 g/mol. The molecule has 3 aromatic rings. The van der Waals surface area contributed by atoms with Gasteiger partial charge in [0.2, 0.25) is 5.91 Å². The van der Waals surface area contributed by atoms with Crippen molar-refractivity contribution in [2.75, 3.05) is 5.32 Å². The Morgan fingerprint density at radius 1 is 1.08 bits per heavy atom. The van der Waals surface area contributed by atoms with Crippen LogP contribution in [0.1, 0.15) is 26.3 Å². The summed E-state index contributed by atoms with van der Waals surface area (Å²) in [6, 6.07) is 16.1. The quantitative estimate of drug-likeness (QED) is 0.649. The van der Waals surface area contributed by atoms with Crippen LogP contribution in [0.2, 0.25) is 0 Å². The summed E-state index contributed by atoms with van der Waals surface area (Å²) in [5.74, 6) is -0.0288. The highest BCUT2D eigenvalue weighted by molar-refractivity contribution is 9.10. The molecule has 1 amide bonds. The summed E-state index contributed by atoms with van der Waals surface area (Å²) in [5.41, 5.74) is 3.24. The number of aromatic nitrogens is 1. The highest BCUT2D eigenvalue weighted by Gasteiger charge is 2.13. The Morgan fingerprint density at radius 2 is 1.79 bits per heavy atom. The smallest absolute Gasteiger partial charge is 0.244 e. The molecule has 0 saturated carbocycles. The third-order valence-corrected chi connectivity index (χ3v) is 4.57. The van der Waals surface area contributed by atoms with Crippen molar-refractivity contribution in [3.63, 3.8) is 0 Å². The Balaban J connectivity index is 1.71. The molecule has 124 valence electrons. The van der Waals surface area contributed by atoms with Gasteiger partial charge in [0.1, 0.15) is 6.54 Å². The Morgan fingerprint density at radius 3 is 2.46 bits per heavy atom. The molecule has 0 saturated heterocycles. The van der Waals surface area contributed by atoms with Crippen LogP contribution < -0.4 is 5.32 Å². The standard InChI is InChI=1S/C20H21BrN2O/c1-20(2,3)15-4-7-17(8-5-15)22-19(24)13-23-11-10-14-12-16(21)6-9-18(14)23/h4-12H,13H2,1-3H3,(H,22,24). The predicted molar refractivity (Wildman–Crippen MR) is 103 cm³/mol. The number of hydrogen-bond donors (Lipinski definition) is 1. The second-order valence-corrected chi connectivity index (χ2v) is 7.94. The van der Waals surface area contributed by atoms with E-state index in [2.05, 4.69) is 60.2 Å². The van der Waals surface area contributed by atoms with Crippen LogP contribution in [0.25, 0.3) is 10.9 Å². The number of anilines is 1. The fourth-order valence-electron chi connectivity index (χ4n) is 2.72. The maximum atomic E-state index is 12.3. The minimum Gasteiger partial charge on any atom is -0.338 e. The van der Waals surface area contributed by atoms with Crippen molar-refractivity contribution in [1.29, 1.82) is 0 Å². The van der Waals surface area contributed by atoms with Gasteiger partial charge in [-0.05, 0) is 47.4 Å². The zero-order chi connectivity index (χ0) is 17.3. The van der Waals surface area contributed by atoms with Gasteiger partial charge in [0.05, 0.1) is 0 Å². The summed E-state index contributed by atoms with van der Waals surface area (Å²) in [6.45, 7) is 6.83. The van der Waals surface area contributed by atoms with Gasteiger partial charge in [-0.1, -0.05) is 48.8 Å². The molecule has 0 radical (unpaired) electrons. The fraction of sp³-hybridized carbons (Fsp3) is 0.250. The first kappa shape index (κ1) is 16.8. The zero-order valence-corrected chi connectivity index (χ0v) is 15.7. The minimum atomic E-state index is -0.0288. The number of rotatable bonds is 3. The van der Waals surface area contributed by atoms with Gasteiger partial charge in [0, 0.05) is 27.3 Å². The topological polar surface area (TPSA) is 34.0 Å². The lowest BCUT2D eigenvalue weighted by molar-refractivity contribution is -0.116. The SMILES string of the molecule is CC(C)(C)c1ccc(NC(=O)Cn2ccc3cc(Br)ccc32)cc1. The van der Waals surface area contributed by atoms with Gasteiger partial charge in [-0.2, -0.15) is 0 Å². The Bertz CT molecular complexity index is 873. The number of fused-ring (bicyclic) bond motifs is 1. The zero-order valence-electron chi connectivity index (χ0n) is 14.1. The minimum absolute atomic E-state index is 0.0288. The van der Waals surface area contributed by atoms with Crippen molar-refractivity contribution >= 4 is 38.4 Å². The average molecular weight is 385 g/mol. The molecule has 3 rings (SSSR count). The Hall–Kier alpha value is -2.07. The van der Waals surface area contributed by atoms with Crippen LogP contribution >= 0.6 is 15.9 Å². The summed E-state index contributed by atoms with van der Waals surface area (Å²) < 4.78 is 3.00. The number of carbonyl (C=O) groups is 1. The Kier molecular flexibility index (Phi) is 4.50. The molecular weight excluding hydrogens is 364 g/mol. The number of nitrogens with zero attached hydrogens (tertiary/aromatic N) is 1. The summed E-state index contributed by atoms with van der Waals surface area (Å²) in [4.78, 5) is 12.3. The van der Waals surface area contributed by atoms with Crippen molar-refractivity contribution in [3.05, 3.63) is 64.8 Å². The van der Waals surface area contributed by atoms with Gasteiger partial charge in [-0.3, -0.25) is 4.79 Å². The van der Waals surface area contributed by atoms with E-state index in [1.54, 1.807) is 0 Å². The molecule has 3 nitrogen and oxygen atoms in total. The number of hydrogen-bond acceptors (Lipinski definition) is 1. The molecule has 0 fully saturated rings. The van der Waals surface area contributed by atoms with E-state index in [1.165, 1.54) is 5.56 Å². The maximum absolute atomic E-state index is 12.3. The first-order chi connectivity index (χ1) is 11.3. The van der Waals surface area contributed by atoms with Crippen molar-refractivity contribution in [1.82, 2.24) is 4.57 Å². The van der Waals surface area contributed by atoms with Crippen LogP contribution in [-0.4, -0.2) is 10.5 Å². The number of benzene rings is 2. The first-order valence-electron chi connectivity index (χ1n) is 7.98. The second kappa shape index (κ2) is 6.44.